The monoisotopic (exact) mass is 268 g/mol. The van der Waals surface area contributed by atoms with Crippen molar-refractivity contribution in [3.05, 3.63) is 33.8 Å². The first-order valence-electron chi connectivity index (χ1n) is 5.49. The maximum Gasteiger partial charge on any atom is 0.0244 e. The minimum absolute atomic E-state index is 0.614. The largest absolute Gasteiger partial charge is 0.326 e. The van der Waals surface area contributed by atoms with Crippen LogP contribution in [0, 0.1) is 0 Å². The summed E-state index contributed by atoms with van der Waals surface area (Å²) in [6, 6.07) is 6.44. The highest BCUT2D eigenvalue weighted by Crippen LogP contribution is 2.21. The lowest BCUT2D eigenvalue weighted by Gasteiger charge is -2.16. The fraction of sp³-hybridized carbons (Fsp3) is 0.500. The Morgan fingerprint density at radius 1 is 1.27 bits per heavy atom. The number of nitrogens with zero attached hydrogens (tertiary/aromatic N) is 1. The summed E-state index contributed by atoms with van der Waals surface area (Å²) in [7, 11) is 0. The topological polar surface area (TPSA) is 29.3 Å². The Labute approximate surface area is 99.6 Å². The van der Waals surface area contributed by atoms with E-state index in [9.17, 15) is 0 Å². The lowest BCUT2D eigenvalue weighted by molar-refractivity contribution is 0.331. The van der Waals surface area contributed by atoms with Crippen molar-refractivity contribution in [2.24, 2.45) is 5.73 Å². The maximum atomic E-state index is 5.60. The zero-order valence-electron chi connectivity index (χ0n) is 8.88. The van der Waals surface area contributed by atoms with E-state index in [0.717, 1.165) is 6.54 Å². The molecule has 0 unspecified atom stereocenters. The van der Waals surface area contributed by atoms with Crippen molar-refractivity contribution in [2.45, 2.75) is 25.9 Å². The molecule has 0 radical (unpaired) electrons. The van der Waals surface area contributed by atoms with Gasteiger partial charge in [0.25, 0.3) is 0 Å². The van der Waals surface area contributed by atoms with Crippen LogP contribution in [0.3, 0.4) is 0 Å². The Kier molecular flexibility index (Phi) is 3.78. The van der Waals surface area contributed by atoms with Gasteiger partial charge in [0.2, 0.25) is 0 Å². The molecule has 0 amide bonds. The first-order valence-corrected chi connectivity index (χ1v) is 6.28. The summed E-state index contributed by atoms with van der Waals surface area (Å²) in [4.78, 5) is 2.50. The van der Waals surface area contributed by atoms with Crippen molar-refractivity contribution >= 4 is 15.9 Å². The third kappa shape index (κ3) is 2.80. The van der Waals surface area contributed by atoms with Crippen LogP contribution in [0.5, 0.6) is 0 Å². The third-order valence-corrected chi connectivity index (χ3v) is 3.68. The molecule has 0 spiro atoms. The second-order valence-electron chi connectivity index (χ2n) is 4.11. The molecule has 82 valence electrons. The summed E-state index contributed by atoms with van der Waals surface area (Å²) in [5.41, 5.74) is 8.16. The normalized spacial score (nSPS) is 17.2. The first-order chi connectivity index (χ1) is 7.29. The SMILES string of the molecule is NCc1ccc(CN2CCCC2)c(Br)c1. The van der Waals surface area contributed by atoms with Gasteiger partial charge in [-0.3, -0.25) is 4.90 Å². The van der Waals surface area contributed by atoms with E-state index >= 15 is 0 Å². The molecule has 1 heterocycles. The van der Waals surface area contributed by atoms with Gasteiger partial charge in [-0.2, -0.15) is 0 Å². The van der Waals surface area contributed by atoms with Crippen LogP contribution in [0.2, 0.25) is 0 Å². The summed E-state index contributed by atoms with van der Waals surface area (Å²) in [5.74, 6) is 0. The van der Waals surface area contributed by atoms with Crippen molar-refractivity contribution < 1.29 is 0 Å². The van der Waals surface area contributed by atoms with E-state index < -0.39 is 0 Å². The molecule has 2 rings (SSSR count). The molecule has 3 heteroatoms. The minimum atomic E-state index is 0.614. The number of likely N-dealkylation sites (tertiary alicyclic amines) is 1. The van der Waals surface area contributed by atoms with Gasteiger partial charge < -0.3 is 5.73 Å². The number of rotatable bonds is 3. The molecule has 1 aliphatic heterocycles. The predicted octanol–water partition coefficient (Wildman–Crippen LogP) is 2.50. The summed E-state index contributed by atoms with van der Waals surface area (Å²) >= 11 is 3.61. The van der Waals surface area contributed by atoms with Crippen LogP contribution < -0.4 is 5.73 Å². The number of halogens is 1. The zero-order chi connectivity index (χ0) is 10.7. The van der Waals surface area contributed by atoms with Crippen molar-refractivity contribution in [3.8, 4) is 0 Å². The lowest BCUT2D eigenvalue weighted by atomic mass is 10.1. The summed E-state index contributed by atoms with van der Waals surface area (Å²) in [6.45, 7) is 4.16. The second-order valence-corrected chi connectivity index (χ2v) is 4.97. The minimum Gasteiger partial charge on any atom is -0.326 e. The molecule has 1 fully saturated rings. The summed E-state index contributed by atoms with van der Waals surface area (Å²) in [5, 5.41) is 0. The summed E-state index contributed by atoms with van der Waals surface area (Å²) < 4.78 is 1.19. The van der Waals surface area contributed by atoms with Crippen LogP contribution >= 0.6 is 15.9 Å². The second kappa shape index (κ2) is 5.10. The van der Waals surface area contributed by atoms with Gasteiger partial charge in [0, 0.05) is 17.6 Å². The van der Waals surface area contributed by atoms with E-state index in [1.165, 1.54) is 41.5 Å². The highest BCUT2D eigenvalue weighted by Gasteiger charge is 2.12. The molecule has 0 aliphatic carbocycles. The van der Waals surface area contributed by atoms with Crippen LogP contribution in [0.25, 0.3) is 0 Å². The van der Waals surface area contributed by atoms with E-state index in [1.807, 2.05) is 0 Å². The van der Waals surface area contributed by atoms with E-state index in [0.29, 0.717) is 6.54 Å². The molecule has 0 saturated carbocycles. The smallest absolute Gasteiger partial charge is 0.0244 e. The van der Waals surface area contributed by atoms with Crippen LogP contribution in [-0.4, -0.2) is 18.0 Å². The van der Waals surface area contributed by atoms with Gasteiger partial charge in [0.1, 0.15) is 0 Å². The lowest BCUT2D eigenvalue weighted by Crippen LogP contribution is -2.18. The Hall–Kier alpha value is -0.380. The van der Waals surface area contributed by atoms with Gasteiger partial charge in [-0.25, -0.2) is 0 Å². The quantitative estimate of drug-likeness (QED) is 0.913. The van der Waals surface area contributed by atoms with Crippen LogP contribution in [0.1, 0.15) is 24.0 Å². The molecular formula is C12H17BrN2. The zero-order valence-corrected chi connectivity index (χ0v) is 10.5. The van der Waals surface area contributed by atoms with E-state index in [-0.39, 0.29) is 0 Å². The van der Waals surface area contributed by atoms with Crippen molar-refractivity contribution in [2.75, 3.05) is 13.1 Å². The fourth-order valence-corrected chi connectivity index (χ4v) is 2.58. The van der Waals surface area contributed by atoms with Crippen LogP contribution in [0.4, 0.5) is 0 Å². The van der Waals surface area contributed by atoms with E-state index in [4.69, 9.17) is 5.73 Å². The molecule has 0 bridgehead atoms. The average molecular weight is 269 g/mol. The molecule has 0 atom stereocenters. The highest BCUT2D eigenvalue weighted by molar-refractivity contribution is 9.10. The van der Waals surface area contributed by atoms with Gasteiger partial charge in [-0.05, 0) is 43.1 Å². The van der Waals surface area contributed by atoms with Gasteiger partial charge in [0.15, 0.2) is 0 Å². The van der Waals surface area contributed by atoms with Gasteiger partial charge >= 0.3 is 0 Å². The number of hydrogen-bond acceptors (Lipinski definition) is 2. The Balaban J connectivity index is 2.07. The average Bonchev–Trinajstić information content (AvgIpc) is 2.74. The fourth-order valence-electron chi connectivity index (χ4n) is 2.03. The van der Waals surface area contributed by atoms with Crippen LogP contribution in [-0.2, 0) is 13.1 Å². The van der Waals surface area contributed by atoms with Gasteiger partial charge in [0.05, 0.1) is 0 Å². The number of hydrogen-bond donors (Lipinski definition) is 1. The number of nitrogens with two attached hydrogens (primary N) is 1. The molecule has 15 heavy (non-hydrogen) atoms. The highest BCUT2D eigenvalue weighted by atomic mass is 79.9. The summed E-state index contributed by atoms with van der Waals surface area (Å²) in [6.07, 6.45) is 2.69. The third-order valence-electron chi connectivity index (χ3n) is 2.95. The number of benzene rings is 1. The standard InChI is InChI=1S/C12H17BrN2/c13-12-7-10(8-14)3-4-11(12)9-15-5-1-2-6-15/h3-4,7H,1-2,5-6,8-9,14H2. The van der Waals surface area contributed by atoms with E-state index in [2.05, 4.69) is 39.0 Å². The van der Waals surface area contributed by atoms with Crippen LogP contribution in [0.15, 0.2) is 22.7 Å². The predicted molar refractivity (Wildman–Crippen MR) is 66.5 cm³/mol. The molecule has 2 nitrogen and oxygen atoms in total. The van der Waals surface area contributed by atoms with Gasteiger partial charge in [-0.1, -0.05) is 28.1 Å². The van der Waals surface area contributed by atoms with Crippen molar-refractivity contribution in [3.63, 3.8) is 0 Å². The molecule has 2 N–H and O–H groups in total. The molecule has 1 saturated heterocycles. The molecule has 0 aromatic heterocycles. The van der Waals surface area contributed by atoms with Crippen molar-refractivity contribution in [1.82, 2.24) is 4.90 Å². The molecular weight excluding hydrogens is 252 g/mol. The van der Waals surface area contributed by atoms with Gasteiger partial charge in [-0.15, -0.1) is 0 Å². The molecule has 1 aromatic rings. The first kappa shape index (κ1) is 11.1. The molecule has 1 aliphatic rings. The van der Waals surface area contributed by atoms with Crippen molar-refractivity contribution in [1.29, 1.82) is 0 Å². The Bertz CT molecular complexity index is 332. The Morgan fingerprint density at radius 2 is 2.00 bits per heavy atom. The van der Waals surface area contributed by atoms with E-state index in [1.54, 1.807) is 0 Å². The molecule has 1 aromatic carbocycles. The maximum absolute atomic E-state index is 5.60. The Morgan fingerprint density at radius 3 is 2.60 bits per heavy atom.